The normalized spacial score (nSPS) is 21.4. The molecule has 0 saturated carbocycles. The molecule has 0 radical (unpaired) electrons. The zero-order chi connectivity index (χ0) is 11.0. The van der Waals surface area contributed by atoms with Gasteiger partial charge in [0.25, 0.3) is 0 Å². The number of hydrogen-bond acceptors (Lipinski definition) is 3. The summed E-state index contributed by atoms with van der Waals surface area (Å²) in [5.74, 6) is 2.30. The Balaban J connectivity index is 2.03. The third-order valence-electron chi connectivity index (χ3n) is 2.87. The van der Waals surface area contributed by atoms with Crippen LogP contribution in [0.1, 0.15) is 30.3 Å². The number of nitrogens with zero attached hydrogens (tertiary/aromatic N) is 3. The van der Waals surface area contributed by atoms with E-state index in [4.69, 9.17) is 11.6 Å². The Hall–Kier alpha value is -0.740. The van der Waals surface area contributed by atoms with Crippen molar-refractivity contribution in [3.05, 3.63) is 29.2 Å². The first kappa shape index (κ1) is 10.4. The van der Waals surface area contributed by atoms with E-state index in [1.165, 1.54) is 25.0 Å². The quantitative estimate of drug-likeness (QED) is 0.781. The van der Waals surface area contributed by atoms with Crippen molar-refractivity contribution in [2.45, 2.75) is 24.5 Å². The van der Waals surface area contributed by atoms with Crippen LogP contribution >= 0.6 is 23.4 Å². The molecular weight excluding hydrogens is 242 g/mol. The molecule has 0 N–H and O–H groups in total. The van der Waals surface area contributed by atoms with Gasteiger partial charge >= 0.3 is 0 Å². The molecule has 3 nitrogen and oxygen atoms in total. The van der Waals surface area contributed by atoms with E-state index in [-0.39, 0.29) is 0 Å². The minimum Gasteiger partial charge on any atom is -0.285 e. The Labute approximate surface area is 103 Å². The maximum atomic E-state index is 5.93. The first-order valence-corrected chi connectivity index (χ1v) is 6.89. The molecule has 0 amide bonds. The van der Waals surface area contributed by atoms with Gasteiger partial charge in [-0.1, -0.05) is 18.0 Å². The lowest BCUT2D eigenvalue weighted by molar-refractivity contribution is 0.657. The molecule has 2 aromatic rings. The summed E-state index contributed by atoms with van der Waals surface area (Å²) >= 11 is 7.91. The highest BCUT2D eigenvalue weighted by Gasteiger charge is 2.21. The summed E-state index contributed by atoms with van der Waals surface area (Å²) in [6.45, 7) is 0. The summed E-state index contributed by atoms with van der Waals surface area (Å²) in [5.41, 5.74) is 0.841. The highest BCUT2D eigenvalue weighted by Crippen LogP contribution is 2.37. The maximum Gasteiger partial charge on any atom is 0.162 e. The summed E-state index contributed by atoms with van der Waals surface area (Å²) < 4.78 is 2.05. The number of halogens is 1. The van der Waals surface area contributed by atoms with Crippen LogP contribution in [0, 0.1) is 0 Å². The third kappa shape index (κ3) is 1.80. The van der Waals surface area contributed by atoms with Gasteiger partial charge in [-0.3, -0.25) is 4.40 Å². The van der Waals surface area contributed by atoms with Crippen molar-refractivity contribution in [3.8, 4) is 0 Å². The van der Waals surface area contributed by atoms with Gasteiger partial charge in [0.15, 0.2) is 11.5 Å². The van der Waals surface area contributed by atoms with Gasteiger partial charge in [0, 0.05) is 17.3 Å². The van der Waals surface area contributed by atoms with Crippen LogP contribution in [-0.4, -0.2) is 20.4 Å². The van der Waals surface area contributed by atoms with Crippen molar-refractivity contribution in [1.82, 2.24) is 14.6 Å². The van der Waals surface area contributed by atoms with Crippen LogP contribution in [0.25, 0.3) is 5.65 Å². The summed E-state index contributed by atoms with van der Waals surface area (Å²) in [7, 11) is 0. The molecule has 0 aromatic carbocycles. The standard InChI is InChI=1S/C11H12ClN3S/c12-8-4-5-15-10(7-8)13-14-11(15)9-3-1-2-6-16-9/h4-5,7,9H,1-3,6H2. The molecule has 1 aliphatic heterocycles. The molecule has 1 unspecified atom stereocenters. The van der Waals surface area contributed by atoms with E-state index >= 15 is 0 Å². The fourth-order valence-electron chi connectivity index (χ4n) is 2.05. The molecular formula is C11H12ClN3S. The van der Waals surface area contributed by atoms with Crippen molar-refractivity contribution in [2.75, 3.05) is 5.75 Å². The summed E-state index contributed by atoms with van der Waals surface area (Å²) in [6.07, 6.45) is 5.78. The number of pyridine rings is 1. The largest absolute Gasteiger partial charge is 0.285 e. The van der Waals surface area contributed by atoms with Crippen LogP contribution in [0.4, 0.5) is 0 Å². The average Bonchev–Trinajstić information content (AvgIpc) is 2.73. The molecule has 3 heterocycles. The van der Waals surface area contributed by atoms with E-state index in [2.05, 4.69) is 14.6 Å². The number of fused-ring (bicyclic) bond motifs is 1. The predicted molar refractivity (Wildman–Crippen MR) is 67.0 cm³/mol. The van der Waals surface area contributed by atoms with Crippen LogP contribution in [0.15, 0.2) is 18.3 Å². The van der Waals surface area contributed by atoms with Gasteiger partial charge in [-0.05, 0) is 24.7 Å². The molecule has 0 spiro atoms. The van der Waals surface area contributed by atoms with Gasteiger partial charge in [-0.15, -0.1) is 10.2 Å². The number of aromatic nitrogens is 3. The van der Waals surface area contributed by atoms with Gasteiger partial charge in [0.1, 0.15) is 0 Å². The molecule has 1 aliphatic rings. The van der Waals surface area contributed by atoms with Gasteiger partial charge in [-0.25, -0.2) is 0 Å². The van der Waals surface area contributed by atoms with Crippen molar-refractivity contribution in [2.24, 2.45) is 0 Å². The SMILES string of the molecule is Clc1ccn2c(C3CCCCS3)nnc2c1. The van der Waals surface area contributed by atoms with Crippen LogP contribution < -0.4 is 0 Å². The van der Waals surface area contributed by atoms with Gasteiger partial charge < -0.3 is 0 Å². The second-order valence-corrected chi connectivity index (χ2v) is 5.73. The summed E-state index contributed by atoms with van der Waals surface area (Å²) in [4.78, 5) is 0. The van der Waals surface area contributed by atoms with Crippen LogP contribution in [0.5, 0.6) is 0 Å². The fourth-order valence-corrected chi connectivity index (χ4v) is 3.50. The van der Waals surface area contributed by atoms with E-state index in [0.717, 1.165) is 11.5 Å². The van der Waals surface area contributed by atoms with Crippen molar-refractivity contribution < 1.29 is 0 Å². The predicted octanol–water partition coefficient (Wildman–Crippen LogP) is 3.34. The van der Waals surface area contributed by atoms with E-state index in [1.807, 2.05) is 30.1 Å². The summed E-state index contributed by atoms with van der Waals surface area (Å²) in [6, 6.07) is 3.74. The van der Waals surface area contributed by atoms with Gasteiger partial charge in [-0.2, -0.15) is 11.8 Å². The smallest absolute Gasteiger partial charge is 0.162 e. The monoisotopic (exact) mass is 253 g/mol. The Morgan fingerprint density at radius 2 is 2.31 bits per heavy atom. The second kappa shape index (κ2) is 4.26. The molecule has 5 heteroatoms. The Kier molecular flexibility index (Phi) is 2.77. The molecule has 0 bridgehead atoms. The van der Waals surface area contributed by atoms with Crippen molar-refractivity contribution in [3.63, 3.8) is 0 Å². The minimum absolute atomic E-state index is 0.491. The second-order valence-electron chi connectivity index (χ2n) is 3.99. The maximum absolute atomic E-state index is 5.93. The van der Waals surface area contributed by atoms with E-state index in [1.54, 1.807) is 0 Å². The zero-order valence-corrected chi connectivity index (χ0v) is 10.3. The Morgan fingerprint density at radius 1 is 1.38 bits per heavy atom. The number of thioether (sulfide) groups is 1. The van der Waals surface area contributed by atoms with Gasteiger partial charge in [0.2, 0.25) is 0 Å². The van der Waals surface area contributed by atoms with Crippen LogP contribution in [-0.2, 0) is 0 Å². The molecule has 1 saturated heterocycles. The van der Waals surface area contributed by atoms with Crippen LogP contribution in [0.3, 0.4) is 0 Å². The summed E-state index contributed by atoms with van der Waals surface area (Å²) in [5, 5.41) is 9.67. The first-order chi connectivity index (χ1) is 7.84. The topological polar surface area (TPSA) is 30.2 Å². The highest BCUT2D eigenvalue weighted by molar-refractivity contribution is 7.99. The average molecular weight is 254 g/mol. The van der Waals surface area contributed by atoms with Crippen molar-refractivity contribution in [1.29, 1.82) is 0 Å². The van der Waals surface area contributed by atoms with E-state index in [0.29, 0.717) is 10.3 Å². The zero-order valence-electron chi connectivity index (χ0n) is 8.77. The molecule has 3 rings (SSSR count). The van der Waals surface area contributed by atoms with Crippen molar-refractivity contribution >= 4 is 29.0 Å². The minimum atomic E-state index is 0.491. The number of hydrogen-bond donors (Lipinski definition) is 0. The molecule has 0 aliphatic carbocycles. The molecule has 2 aromatic heterocycles. The first-order valence-electron chi connectivity index (χ1n) is 5.46. The lowest BCUT2D eigenvalue weighted by atomic mass is 10.2. The van der Waals surface area contributed by atoms with Crippen LogP contribution in [0.2, 0.25) is 5.02 Å². The highest BCUT2D eigenvalue weighted by atomic mass is 35.5. The Morgan fingerprint density at radius 3 is 3.12 bits per heavy atom. The molecule has 84 valence electrons. The Bertz CT molecular complexity index is 505. The third-order valence-corrected chi connectivity index (χ3v) is 4.47. The molecule has 16 heavy (non-hydrogen) atoms. The number of rotatable bonds is 1. The van der Waals surface area contributed by atoms with E-state index in [9.17, 15) is 0 Å². The fraction of sp³-hybridized carbons (Fsp3) is 0.455. The van der Waals surface area contributed by atoms with E-state index < -0.39 is 0 Å². The van der Waals surface area contributed by atoms with Gasteiger partial charge in [0.05, 0.1) is 5.25 Å². The molecule has 1 atom stereocenters. The molecule has 1 fully saturated rings. The lowest BCUT2D eigenvalue weighted by Gasteiger charge is -2.19. The lowest BCUT2D eigenvalue weighted by Crippen LogP contribution is -2.06.